The highest BCUT2D eigenvalue weighted by atomic mass is 15.3. The van der Waals surface area contributed by atoms with Gasteiger partial charge in [0.15, 0.2) is 5.65 Å². The summed E-state index contributed by atoms with van der Waals surface area (Å²) in [7, 11) is 0. The zero-order valence-electron chi connectivity index (χ0n) is 13.4. The molecule has 0 aliphatic rings. The molecule has 0 radical (unpaired) electrons. The largest absolute Gasteiger partial charge is 0.232 e. The molecule has 0 saturated carbocycles. The lowest BCUT2D eigenvalue weighted by atomic mass is 9.95. The molecule has 0 bridgehead atoms. The monoisotopic (exact) mass is 261 g/mol. The van der Waals surface area contributed by atoms with Crippen LogP contribution in [0.25, 0.3) is 5.65 Å². The van der Waals surface area contributed by atoms with Crippen LogP contribution in [0.1, 0.15) is 69.1 Å². The van der Waals surface area contributed by atoms with Crippen molar-refractivity contribution in [1.82, 2.24) is 14.6 Å². The van der Waals surface area contributed by atoms with Crippen molar-refractivity contribution >= 4 is 5.65 Å². The highest BCUT2D eigenvalue weighted by molar-refractivity contribution is 5.52. The van der Waals surface area contributed by atoms with E-state index in [2.05, 4.69) is 50.8 Å². The van der Waals surface area contributed by atoms with Gasteiger partial charge in [-0.3, -0.25) is 0 Å². The van der Waals surface area contributed by atoms with Crippen molar-refractivity contribution in [2.45, 2.75) is 67.2 Å². The summed E-state index contributed by atoms with van der Waals surface area (Å²) >= 11 is 0. The maximum absolute atomic E-state index is 4.67. The Balaban J connectivity index is 0.000000861. The number of aryl methyl sites for hydroxylation is 3. The van der Waals surface area contributed by atoms with E-state index in [1.807, 2.05) is 18.4 Å². The molecule has 0 unspecified atom stereocenters. The normalized spacial score (nSPS) is 10.7. The number of rotatable bonds is 3. The second kappa shape index (κ2) is 6.69. The maximum Gasteiger partial charge on any atom is 0.157 e. The van der Waals surface area contributed by atoms with Crippen LogP contribution in [0.4, 0.5) is 0 Å². The Hall–Kier alpha value is -1.38. The summed E-state index contributed by atoms with van der Waals surface area (Å²) in [5.41, 5.74) is 5.68. The van der Waals surface area contributed by atoms with E-state index in [1.54, 1.807) is 0 Å². The average molecular weight is 261 g/mol. The molecule has 0 saturated heterocycles. The van der Waals surface area contributed by atoms with Gasteiger partial charge >= 0.3 is 0 Å². The van der Waals surface area contributed by atoms with Gasteiger partial charge in [0.25, 0.3) is 0 Å². The van der Waals surface area contributed by atoms with Gasteiger partial charge in [0.05, 0.1) is 17.1 Å². The quantitative estimate of drug-likeness (QED) is 0.809. The number of nitrogens with zero attached hydrogens (tertiary/aromatic N) is 3. The number of fused-ring (bicyclic) bond motifs is 1. The van der Waals surface area contributed by atoms with Crippen LogP contribution in [-0.4, -0.2) is 14.6 Å². The summed E-state index contributed by atoms with van der Waals surface area (Å²) in [4.78, 5) is 4.67. The molecule has 2 rings (SSSR count). The molecule has 3 heteroatoms. The van der Waals surface area contributed by atoms with Crippen LogP contribution in [0.15, 0.2) is 6.07 Å². The average Bonchev–Trinajstić information content (AvgIpc) is 2.70. The lowest BCUT2D eigenvalue weighted by Gasteiger charge is -2.14. The molecule has 0 fully saturated rings. The van der Waals surface area contributed by atoms with Gasteiger partial charge < -0.3 is 0 Å². The molecule has 0 aliphatic heterocycles. The van der Waals surface area contributed by atoms with E-state index < -0.39 is 0 Å². The molecule has 19 heavy (non-hydrogen) atoms. The van der Waals surface area contributed by atoms with Gasteiger partial charge in [-0.2, -0.15) is 5.10 Å². The lowest BCUT2D eigenvalue weighted by molar-refractivity contribution is 0.637. The summed E-state index contributed by atoms with van der Waals surface area (Å²) in [6.07, 6.45) is 2.31. The molecule has 3 nitrogen and oxygen atoms in total. The molecule has 106 valence electrons. The minimum atomic E-state index is 0.584. The van der Waals surface area contributed by atoms with E-state index in [0.717, 1.165) is 35.6 Å². The molecule has 0 amide bonds. The van der Waals surface area contributed by atoms with Crippen molar-refractivity contribution in [3.63, 3.8) is 0 Å². The Morgan fingerprint density at radius 2 is 1.68 bits per heavy atom. The Morgan fingerprint density at radius 1 is 1.11 bits per heavy atom. The topological polar surface area (TPSA) is 30.2 Å². The van der Waals surface area contributed by atoms with E-state index in [4.69, 9.17) is 0 Å². The van der Waals surface area contributed by atoms with Crippen molar-refractivity contribution in [3.05, 3.63) is 28.7 Å². The lowest BCUT2D eigenvalue weighted by Crippen LogP contribution is -2.04. The summed E-state index contributed by atoms with van der Waals surface area (Å²) in [5, 5.41) is 4.56. The third-order valence-electron chi connectivity index (χ3n) is 3.62. The fourth-order valence-electron chi connectivity index (χ4n) is 2.41. The van der Waals surface area contributed by atoms with Gasteiger partial charge in [-0.15, -0.1) is 0 Å². The second-order valence-electron chi connectivity index (χ2n) is 4.77. The van der Waals surface area contributed by atoms with Gasteiger partial charge in [-0.25, -0.2) is 9.50 Å². The smallest absolute Gasteiger partial charge is 0.157 e. The molecule has 2 aromatic rings. The van der Waals surface area contributed by atoms with Gasteiger partial charge in [0.1, 0.15) is 0 Å². The molecule has 2 heterocycles. The van der Waals surface area contributed by atoms with Crippen molar-refractivity contribution in [2.24, 2.45) is 0 Å². The van der Waals surface area contributed by atoms with Crippen LogP contribution in [0.2, 0.25) is 0 Å². The van der Waals surface area contributed by atoms with Crippen molar-refractivity contribution in [3.8, 4) is 0 Å². The third kappa shape index (κ3) is 2.96. The molecule has 0 aliphatic carbocycles. The van der Waals surface area contributed by atoms with Gasteiger partial charge in [-0.1, -0.05) is 27.7 Å². The first-order valence-electron chi connectivity index (χ1n) is 7.41. The van der Waals surface area contributed by atoms with E-state index in [0.29, 0.717) is 5.92 Å². The van der Waals surface area contributed by atoms with Gasteiger partial charge in [0, 0.05) is 5.56 Å². The predicted octanol–water partition coefficient (Wildman–Crippen LogP) is 4.58. The van der Waals surface area contributed by atoms with Crippen LogP contribution in [0, 0.1) is 20.8 Å². The molecule has 2 aromatic heterocycles. The summed E-state index contributed by atoms with van der Waals surface area (Å²) in [6.45, 7) is 14.7. The number of hydrogen-bond donors (Lipinski definition) is 0. The highest BCUT2D eigenvalue weighted by Crippen LogP contribution is 2.27. The number of hydrogen-bond acceptors (Lipinski definition) is 2. The molecular weight excluding hydrogens is 234 g/mol. The number of imidazole rings is 1. The zero-order chi connectivity index (χ0) is 14.6. The van der Waals surface area contributed by atoms with Crippen LogP contribution in [0.3, 0.4) is 0 Å². The van der Waals surface area contributed by atoms with E-state index in [-0.39, 0.29) is 0 Å². The predicted molar refractivity (Wildman–Crippen MR) is 81.9 cm³/mol. The first-order chi connectivity index (χ1) is 9.08. The standard InChI is InChI=1S/C14H21N3.C2H6/c1-6-12(7-2)13-8-9(3)16-17-11(5)10(4)15-14(13)17;1-2/h8,12H,6-7H2,1-5H3;1-2H3. The fourth-order valence-corrected chi connectivity index (χ4v) is 2.41. The van der Waals surface area contributed by atoms with Crippen LogP contribution in [-0.2, 0) is 0 Å². The first kappa shape index (κ1) is 15.7. The second-order valence-corrected chi connectivity index (χ2v) is 4.77. The summed E-state index contributed by atoms with van der Waals surface area (Å²) in [6, 6.07) is 2.19. The highest BCUT2D eigenvalue weighted by Gasteiger charge is 2.16. The molecule has 0 spiro atoms. The van der Waals surface area contributed by atoms with Crippen LogP contribution in [0.5, 0.6) is 0 Å². The minimum absolute atomic E-state index is 0.584. The van der Waals surface area contributed by atoms with Gasteiger partial charge in [-0.05, 0) is 45.6 Å². The van der Waals surface area contributed by atoms with Crippen LogP contribution < -0.4 is 0 Å². The van der Waals surface area contributed by atoms with Crippen molar-refractivity contribution in [1.29, 1.82) is 0 Å². The van der Waals surface area contributed by atoms with Crippen LogP contribution >= 0.6 is 0 Å². The van der Waals surface area contributed by atoms with Gasteiger partial charge in [0.2, 0.25) is 0 Å². The summed E-state index contributed by atoms with van der Waals surface area (Å²) < 4.78 is 2.00. The van der Waals surface area contributed by atoms with E-state index in [9.17, 15) is 0 Å². The molecule has 0 N–H and O–H groups in total. The van der Waals surface area contributed by atoms with Crippen molar-refractivity contribution in [2.75, 3.05) is 0 Å². The summed E-state index contributed by atoms with van der Waals surface area (Å²) in [5.74, 6) is 0.584. The maximum atomic E-state index is 4.67. The van der Waals surface area contributed by atoms with E-state index in [1.165, 1.54) is 5.56 Å². The van der Waals surface area contributed by atoms with Crippen molar-refractivity contribution < 1.29 is 0 Å². The minimum Gasteiger partial charge on any atom is -0.232 e. The Bertz CT molecular complexity index is 536. The number of aromatic nitrogens is 3. The Morgan fingerprint density at radius 3 is 2.21 bits per heavy atom. The SMILES string of the molecule is CC.CCC(CC)c1cc(C)nn2c(C)c(C)nc12. The fraction of sp³-hybridized carbons (Fsp3) is 0.625. The molecule has 0 aromatic carbocycles. The third-order valence-corrected chi connectivity index (χ3v) is 3.62. The van der Waals surface area contributed by atoms with E-state index >= 15 is 0 Å². The zero-order valence-corrected chi connectivity index (χ0v) is 13.4. The Labute approximate surface area is 117 Å². The molecular formula is C16H27N3. The Kier molecular flexibility index (Phi) is 5.52. The molecule has 0 atom stereocenters. The first-order valence-corrected chi connectivity index (χ1v) is 7.41.